The van der Waals surface area contributed by atoms with Crippen LogP contribution in [0.1, 0.15) is 29.2 Å². The monoisotopic (exact) mass is 292 g/mol. The number of aromatic nitrogens is 1. The maximum absolute atomic E-state index is 5.79. The lowest BCUT2D eigenvalue weighted by molar-refractivity contribution is 0.281. The molecule has 0 aliphatic rings. The van der Waals surface area contributed by atoms with Gasteiger partial charge in [-0.05, 0) is 38.6 Å². The van der Waals surface area contributed by atoms with E-state index in [-0.39, 0.29) is 6.04 Å². The molecule has 20 heavy (non-hydrogen) atoms. The van der Waals surface area contributed by atoms with Gasteiger partial charge in [0.05, 0.1) is 17.8 Å². The zero-order valence-electron chi connectivity index (χ0n) is 12.3. The second kappa shape index (κ2) is 6.72. The maximum atomic E-state index is 5.79. The highest BCUT2D eigenvalue weighted by molar-refractivity contribution is 7.09. The molecule has 1 aromatic heterocycles. The molecule has 0 aliphatic heterocycles. The molecule has 1 unspecified atom stereocenters. The number of ether oxygens (including phenoxy) is 2. The highest BCUT2D eigenvalue weighted by atomic mass is 32.1. The number of hydrogen-bond donors (Lipinski definition) is 1. The van der Waals surface area contributed by atoms with Crippen LogP contribution in [0.2, 0.25) is 0 Å². The molecule has 0 amide bonds. The molecule has 5 heteroatoms. The highest BCUT2D eigenvalue weighted by Crippen LogP contribution is 2.30. The van der Waals surface area contributed by atoms with E-state index in [1.54, 1.807) is 18.4 Å². The van der Waals surface area contributed by atoms with E-state index in [9.17, 15) is 0 Å². The lowest BCUT2D eigenvalue weighted by Gasteiger charge is -2.15. The summed E-state index contributed by atoms with van der Waals surface area (Å²) in [5.41, 5.74) is 2.11. The van der Waals surface area contributed by atoms with E-state index in [0.717, 1.165) is 22.2 Å². The van der Waals surface area contributed by atoms with Gasteiger partial charge in [0.1, 0.15) is 6.61 Å². The van der Waals surface area contributed by atoms with Crippen molar-refractivity contribution in [3.63, 3.8) is 0 Å². The number of nitrogens with zero attached hydrogens (tertiary/aromatic N) is 1. The number of benzene rings is 1. The Morgan fingerprint density at radius 2 is 2.15 bits per heavy atom. The van der Waals surface area contributed by atoms with Crippen molar-refractivity contribution in [2.75, 3.05) is 14.2 Å². The van der Waals surface area contributed by atoms with E-state index >= 15 is 0 Å². The largest absolute Gasteiger partial charge is 0.493 e. The number of thiazole rings is 1. The van der Waals surface area contributed by atoms with E-state index in [1.807, 2.05) is 37.6 Å². The Kier molecular flexibility index (Phi) is 4.98. The second-order valence-electron chi connectivity index (χ2n) is 4.57. The fraction of sp³-hybridized carbons (Fsp3) is 0.400. The van der Waals surface area contributed by atoms with Gasteiger partial charge in [0.2, 0.25) is 0 Å². The lowest BCUT2D eigenvalue weighted by atomic mass is 10.1. The number of methoxy groups -OCH3 is 1. The second-order valence-corrected chi connectivity index (χ2v) is 5.63. The van der Waals surface area contributed by atoms with Crippen LogP contribution in [0.15, 0.2) is 23.6 Å². The van der Waals surface area contributed by atoms with E-state index in [2.05, 4.69) is 17.2 Å². The first-order valence-corrected chi connectivity index (χ1v) is 7.41. The quantitative estimate of drug-likeness (QED) is 0.887. The van der Waals surface area contributed by atoms with Crippen LogP contribution >= 0.6 is 11.3 Å². The highest BCUT2D eigenvalue weighted by Gasteiger charge is 2.10. The van der Waals surface area contributed by atoms with Gasteiger partial charge in [-0.2, -0.15) is 0 Å². The molecule has 0 bridgehead atoms. The van der Waals surface area contributed by atoms with E-state index in [1.165, 1.54) is 5.56 Å². The summed E-state index contributed by atoms with van der Waals surface area (Å²) in [5.74, 6) is 1.49. The molecular weight excluding hydrogens is 272 g/mol. The molecule has 0 saturated heterocycles. The average Bonchev–Trinajstić information content (AvgIpc) is 2.89. The molecule has 0 fully saturated rings. The zero-order valence-corrected chi connectivity index (χ0v) is 13.1. The van der Waals surface area contributed by atoms with Crippen molar-refractivity contribution in [1.29, 1.82) is 0 Å². The molecule has 2 rings (SSSR count). The molecule has 0 spiro atoms. The summed E-state index contributed by atoms with van der Waals surface area (Å²) in [4.78, 5) is 4.38. The predicted molar refractivity (Wildman–Crippen MR) is 81.7 cm³/mol. The Balaban J connectivity index is 2.11. The minimum absolute atomic E-state index is 0.277. The molecule has 4 nitrogen and oxygen atoms in total. The molecule has 0 radical (unpaired) electrons. The number of rotatable bonds is 6. The predicted octanol–water partition coefficient (Wildman–Crippen LogP) is 3.32. The van der Waals surface area contributed by atoms with Crippen LogP contribution in [0.4, 0.5) is 0 Å². The van der Waals surface area contributed by atoms with Crippen LogP contribution in [-0.2, 0) is 6.61 Å². The van der Waals surface area contributed by atoms with Crippen LogP contribution in [0, 0.1) is 6.92 Å². The first-order chi connectivity index (χ1) is 9.63. The number of nitrogens with one attached hydrogen (secondary N) is 1. The lowest BCUT2D eigenvalue weighted by Crippen LogP contribution is -2.12. The van der Waals surface area contributed by atoms with Gasteiger partial charge < -0.3 is 14.8 Å². The van der Waals surface area contributed by atoms with Crippen LogP contribution in [-0.4, -0.2) is 19.1 Å². The van der Waals surface area contributed by atoms with Gasteiger partial charge in [-0.1, -0.05) is 6.07 Å². The van der Waals surface area contributed by atoms with Crippen molar-refractivity contribution in [2.45, 2.75) is 26.5 Å². The van der Waals surface area contributed by atoms with E-state index < -0.39 is 0 Å². The Morgan fingerprint density at radius 3 is 2.75 bits per heavy atom. The normalized spacial score (nSPS) is 12.2. The Labute approximate surface area is 123 Å². The summed E-state index contributed by atoms with van der Waals surface area (Å²) in [6.45, 7) is 4.55. The van der Waals surface area contributed by atoms with Crippen LogP contribution in [0.3, 0.4) is 0 Å². The summed E-state index contributed by atoms with van der Waals surface area (Å²) in [5, 5.41) is 6.27. The SMILES string of the molecule is CNC(C)c1ccc(OCc2csc(C)n2)c(OC)c1. The minimum atomic E-state index is 0.277. The van der Waals surface area contributed by atoms with Gasteiger partial charge in [0, 0.05) is 11.4 Å². The smallest absolute Gasteiger partial charge is 0.161 e. The van der Waals surface area contributed by atoms with Crippen LogP contribution in [0.5, 0.6) is 11.5 Å². The summed E-state index contributed by atoms with van der Waals surface area (Å²) in [6, 6.07) is 6.27. The van der Waals surface area contributed by atoms with Crippen molar-refractivity contribution < 1.29 is 9.47 Å². The molecule has 0 aliphatic carbocycles. The van der Waals surface area contributed by atoms with E-state index in [4.69, 9.17) is 9.47 Å². The van der Waals surface area contributed by atoms with Crippen molar-refractivity contribution >= 4 is 11.3 Å². The van der Waals surface area contributed by atoms with Gasteiger partial charge in [-0.3, -0.25) is 0 Å². The van der Waals surface area contributed by atoms with Crippen molar-refractivity contribution in [2.24, 2.45) is 0 Å². The van der Waals surface area contributed by atoms with Gasteiger partial charge >= 0.3 is 0 Å². The molecule has 2 aromatic rings. The molecule has 1 atom stereocenters. The van der Waals surface area contributed by atoms with Gasteiger partial charge in [0.25, 0.3) is 0 Å². The summed E-state index contributed by atoms with van der Waals surface area (Å²) < 4.78 is 11.2. The molecule has 1 N–H and O–H groups in total. The Bertz CT molecular complexity index is 569. The zero-order chi connectivity index (χ0) is 14.5. The molecule has 108 valence electrons. The Morgan fingerprint density at radius 1 is 1.35 bits per heavy atom. The van der Waals surface area contributed by atoms with Gasteiger partial charge in [0.15, 0.2) is 11.5 Å². The molecule has 1 heterocycles. The van der Waals surface area contributed by atoms with Crippen LogP contribution < -0.4 is 14.8 Å². The summed E-state index contributed by atoms with van der Waals surface area (Å²) in [7, 11) is 3.59. The fourth-order valence-electron chi connectivity index (χ4n) is 1.87. The third-order valence-corrected chi connectivity index (χ3v) is 3.99. The molecular formula is C15H20N2O2S. The Hall–Kier alpha value is -1.59. The molecule has 0 saturated carbocycles. The third-order valence-electron chi connectivity index (χ3n) is 3.16. The molecule has 1 aromatic carbocycles. The minimum Gasteiger partial charge on any atom is -0.493 e. The first kappa shape index (κ1) is 14.8. The number of aryl methyl sites for hydroxylation is 1. The van der Waals surface area contributed by atoms with Crippen LogP contribution in [0.25, 0.3) is 0 Å². The first-order valence-electron chi connectivity index (χ1n) is 6.53. The third kappa shape index (κ3) is 3.49. The maximum Gasteiger partial charge on any atom is 0.161 e. The summed E-state index contributed by atoms with van der Waals surface area (Å²) in [6.07, 6.45) is 0. The standard InChI is InChI=1S/C15H20N2O2S/c1-10(16-3)12-5-6-14(15(7-12)18-4)19-8-13-9-20-11(2)17-13/h5-7,9-10,16H,8H2,1-4H3. The fourth-order valence-corrected chi connectivity index (χ4v) is 2.46. The van der Waals surface area contributed by atoms with E-state index in [0.29, 0.717) is 6.61 Å². The van der Waals surface area contributed by atoms with Gasteiger partial charge in [-0.25, -0.2) is 4.98 Å². The number of hydrogen-bond acceptors (Lipinski definition) is 5. The van der Waals surface area contributed by atoms with Crippen molar-refractivity contribution in [3.8, 4) is 11.5 Å². The van der Waals surface area contributed by atoms with Crippen molar-refractivity contribution in [1.82, 2.24) is 10.3 Å². The topological polar surface area (TPSA) is 43.4 Å². The van der Waals surface area contributed by atoms with Crippen molar-refractivity contribution in [3.05, 3.63) is 39.8 Å². The average molecular weight is 292 g/mol. The summed E-state index contributed by atoms with van der Waals surface area (Å²) >= 11 is 1.63. The van der Waals surface area contributed by atoms with Gasteiger partial charge in [-0.15, -0.1) is 11.3 Å².